The lowest BCUT2D eigenvalue weighted by Crippen LogP contribution is -2.47. The van der Waals surface area contributed by atoms with E-state index in [1.165, 1.54) is 0 Å². The molecule has 0 bridgehead atoms. The van der Waals surface area contributed by atoms with Crippen molar-refractivity contribution in [2.24, 2.45) is 0 Å². The zero-order chi connectivity index (χ0) is 12.5. The van der Waals surface area contributed by atoms with Gasteiger partial charge in [-0.05, 0) is 19.4 Å². The molecule has 1 aliphatic rings. The highest BCUT2D eigenvalue weighted by Gasteiger charge is 2.41. The maximum Gasteiger partial charge on any atom is 0.410 e. The summed E-state index contributed by atoms with van der Waals surface area (Å²) < 4.78 is 5.00. The van der Waals surface area contributed by atoms with Gasteiger partial charge in [0.15, 0.2) is 0 Å². The molecule has 17 heavy (non-hydrogen) atoms. The van der Waals surface area contributed by atoms with Crippen LogP contribution in [0.25, 0.3) is 0 Å². The molecule has 1 saturated heterocycles. The van der Waals surface area contributed by atoms with Crippen LogP contribution in [0.3, 0.4) is 0 Å². The summed E-state index contributed by atoms with van der Waals surface area (Å²) in [7, 11) is 0. The Bertz CT molecular complexity index is 397. The quantitative estimate of drug-likeness (QED) is 0.868. The number of ether oxygens (including phenoxy) is 1. The smallest absolute Gasteiger partial charge is 0.410 e. The molecular weight excluding hydrogens is 218 g/mol. The molecule has 0 radical (unpaired) electrons. The molecule has 4 nitrogen and oxygen atoms in total. The van der Waals surface area contributed by atoms with Crippen LogP contribution in [0.5, 0.6) is 0 Å². The summed E-state index contributed by atoms with van der Waals surface area (Å²) >= 11 is 0. The molecule has 1 N–H and O–H groups in total. The summed E-state index contributed by atoms with van der Waals surface area (Å²) in [4.78, 5) is 13.2. The van der Waals surface area contributed by atoms with Crippen molar-refractivity contribution < 1.29 is 14.6 Å². The van der Waals surface area contributed by atoms with Crippen LogP contribution >= 0.6 is 0 Å². The van der Waals surface area contributed by atoms with Gasteiger partial charge in [0.25, 0.3) is 0 Å². The van der Waals surface area contributed by atoms with E-state index in [4.69, 9.17) is 4.74 Å². The first kappa shape index (κ1) is 11.9. The zero-order valence-electron chi connectivity index (χ0n) is 10.1. The molecule has 1 aromatic carbocycles. The molecular formula is C13H17NO3. The van der Waals surface area contributed by atoms with Gasteiger partial charge in [0.2, 0.25) is 0 Å². The lowest BCUT2D eigenvalue weighted by molar-refractivity contribution is 0.00572. The van der Waals surface area contributed by atoms with Gasteiger partial charge in [0, 0.05) is 6.54 Å². The minimum atomic E-state index is -0.957. The van der Waals surface area contributed by atoms with Crippen LogP contribution in [0.15, 0.2) is 30.3 Å². The van der Waals surface area contributed by atoms with Crippen molar-refractivity contribution in [1.82, 2.24) is 4.90 Å². The summed E-state index contributed by atoms with van der Waals surface area (Å²) in [5.41, 5.74) is 0.0709. The fourth-order valence-corrected chi connectivity index (χ4v) is 1.99. The molecule has 1 fully saturated rings. The SMILES string of the molecule is CC(C)(O)C1COC(=O)N1Cc1ccccc1. The van der Waals surface area contributed by atoms with Crippen LogP contribution in [0, 0.1) is 0 Å². The first-order valence-electron chi connectivity index (χ1n) is 5.68. The number of hydrogen-bond acceptors (Lipinski definition) is 3. The van der Waals surface area contributed by atoms with Crippen LogP contribution in [0.2, 0.25) is 0 Å². The Balaban J connectivity index is 2.15. The van der Waals surface area contributed by atoms with E-state index in [0.29, 0.717) is 6.54 Å². The third-order valence-corrected chi connectivity index (χ3v) is 2.99. The number of aliphatic hydroxyl groups is 1. The second-order valence-corrected chi connectivity index (χ2v) is 4.86. The molecule has 0 aliphatic carbocycles. The fourth-order valence-electron chi connectivity index (χ4n) is 1.99. The first-order valence-corrected chi connectivity index (χ1v) is 5.68. The Hall–Kier alpha value is -1.55. The van der Waals surface area contributed by atoms with E-state index in [-0.39, 0.29) is 18.7 Å². The Morgan fingerprint density at radius 3 is 2.65 bits per heavy atom. The average Bonchev–Trinajstić information content (AvgIpc) is 2.62. The third kappa shape index (κ3) is 2.58. The number of cyclic esters (lactones) is 1. The molecule has 1 aromatic rings. The maximum atomic E-state index is 11.6. The molecule has 1 amide bonds. The Morgan fingerprint density at radius 2 is 2.06 bits per heavy atom. The van der Waals surface area contributed by atoms with E-state index in [0.717, 1.165) is 5.56 Å². The van der Waals surface area contributed by atoms with Gasteiger partial charge in [0.1, 0.15) is 6.61 Å². The number of carbonyl (C=O) groups is 1. The fraction of sp³-hybridized carbons (Fsp3) is 0.462. The van der Waals surface area contributed by atoms with E-state index in [1.54, 1.807) is 18.7 Å². The van der Waals surface area contributed by atoms with Crippen LogP contribution in [-0.2, 0) is 11.3 Å². The van der Waals surface area contributed by atoms with E-state index < -0.39 is 5.60 Å². The lowest BCUT2D eigenvalue weighted by Gasteiger charge is -2.30. The van der Waals surface area contributed by atoms with Crippen molar-refractivity contribution >= 4 is 6.09 Å². The Kier molecular flexibility index (Phi) is 3.07. The maximum absolute atomic E-state index is 11.6. The van der Waals surface area contributed by atoms with Crippen molar-refractivity contribution in [3.8, 4) is 0 Å². The van der Waals surface area contributed by atoms with E-state index >= 15 is 0 Å². The standard InChI is InChI=1S/C13H17NO3/c1-13(2,16)11-9-17-12(15)14(11)8-10-6-4-3-5-7-10/h3-7,11,16H,8-9H2,1-2H3. The zero-order valence-corrected chi connectivity index (χ0v) is 10.1. The Labute approximate surface area is 101 Å². The highest BCUT2D eigenvalue weighted by molar-refractivity contribution is 5.70. The number of benzene rings is 1. The summed E-state index contributed by atoms with van der Waals surface area (Å²) in [6, 6.07) is 9.39. The van der Waals surface area contributed by atoms with Crippen molar-refractivity contribution in [2.75, 3.05) is 6.61 Å². The van der Waals surface area contributed by atoms with Crippen molar-refractivity contribution in [2.45, 2.75) is 32.0 Å². The van der Waals surface area contributed by atoms with Crippen LogP contribution in [0.4, 0.5) is 4.79 Å². The molecule has 4 heteroatoms. The van der Waals surface area contributed by atoms with Crippen LogP contribution in [0.1, 0.15) is 19.4 Å². The number of amides is 1. The highest BCUT2D eigenvalue weighted by Crippen LogP contribution is 2.24. The minimum absolute atomic E-state index is 0.245. The highest BCUT2D eigenvalue weighted by atomic mass is 16.6. The van der Waals surface area contributed by atoms with Crippen molar-refractivity contribution in [3.05, 3.63) is 35.9 Å². The molecule has 2 rings (SSSR count). The average molecular weight is 235 g/mol. The molecule has 92 valence electrons. The number of hydrogen-bond donors (Lipinski definition) is 1. The predicted molar refractivity (Wildman–Crippen MR) is 63.4 cm³/mol. The van der Waals surface area contributed by atoms with E-state index in [2.05, 4.69) is 0 Å². The summed E-state index contributed by atoms with van der Waals surface area (Å²) in [5.74, 6) is 0. The van der Waals surface area contributed by atoms with Gasteiger partial charge in [-0.15, -0.1) is 0 Å². The molecule has 1 heterocycles. The second-order valence-electron chi connectivity index (χ2n) is 4.86. The topological polar surface area (TPSA) is 49.8 Å². The molecule has 1 atom stereocenters. The van der Waals surface area contributed by atoms with Gasteiger partial charge in [-0.25, -0.2) is 4.79 Å². The monoisotopic (exact) mass is 235 g/mol. The van der Waals surface area contributed by atoms with Gasteiger partial charge < -0.3 is 9.84 Å². The largest absolute Gasteiger partial charge is 0.447 e. The van der Waals surface area contributed by atoms with E-state index in [1.807, 2.05) is 30.3 Å². The normalized spacial score (nSPS) is 20.5. The van der Waals surface area contributed by atoms with Crippen LogP contribution < -0.4 is 0 Å². The molecule has 0 spiro atoms. The third-order valence-electron chi connectivity index (χ3n) is 2.99. The summed E-state index contributed by atoms with van der Waals surface area (Å²) in [6.45, 7) is 4.10. The van der Waals surface area contributed by atoms with Gasteiger partial charge in [-0.3, -0.25) is 4.90 Å². The van der Waals surface area contributed by atoms with Gasteiger partial charge in [0.05, 0.1) is 11.6 Å². The molecule has 1 unspecified atom stereocenters. The first-order chi connectivity index (χ1) is 7.98. The molecule has 1 aliphatic heterocycles. The van der Waals surface area contributed by atoms with Crippen molar-refractivity contribution in [1.29, 1.82) is 0 Å². The lowest BCUT2D eigenvalue weighted by atomic mass is 9.98. The predicted octanol–water partition coefficient (Wildman–Crippen LogP) is 1.78. The minimum Gasteiger partial charge on any atom is -0.447 e. The summed E-state index contributed by atoms with van der Waals surface area (Å²) in [6.07, 6.45) is -0.360. The van der Waals surface area contributed by atoms with Crippen molar-refractivity contribution in [3.63, 3.8) is 0 Å². The Morgan fingerprint density at radius 1 is 1.41 bits per heavy atom. The van der Waals surface area contributed by atoms with E-state index in [9.17, 15) is 9.90 Å². The molecule has 0 saturated carbocycles. The number of carbonyl (C=O) groups excluding carboxylic acids is 1. The van der Waals surface area contributed by atoms with Crippen LogP contribution in [-0.4, -0.2) is 34.3 Å². The number of rotatable bonds is 3. The molecule has 0 aromatic heterocycles. The second kappa shape index (κ2) is 4.37. The van der Waals surface area contributed by atoms with Gasteiger partial charge in [-0.1, -0.05) is 30.3 Å². The number of nitrogens with zero attached hydrogens (tertiary/aromatic N) is 1. The van der Waals surface area contributed by atoms with Gasteiger partial charge >= 0.3 is 6.09 Å². The van der Waals surface area contributed by atoms with Gasteiger partial charge in [-0.2, -0.15) is 0 Å². The summed E-state index contributed by atoms with van der Waals surface area (Å²) in [5, 5.41) is 10.0.